The van der Waals surface area contributed by atoms with Crippen LogP contribution in [0.1, 0.15) is 26.2 Å². The summed E-state index contributed by atoms with van der Waals surface area (Å²) in [6.45, 7) is 3.69. The summed E-state index contributed by atoms with van der Waals surface area (Å²) in [5.41, 5.74) is 0. The number of nitrogens with zero attached hydrogens (tertiary/aromatic N) is 1. The number of amides is 2. The highest BCUT2D eigenvalue weighted by Crippen LogP contribution is 2.07. The molecule has 3 heteroatoms. The molecule has 13 heavy (non-hydrogen) atoms. The van der Waals surface area contributed by atoms with Crippen molar-refractivity contribution in [1.29, 1.82) is 0 Å². The Morgan fingerprint density at radius 1 is 1.62 bits per heavy atom. The van der Waals surface area contributed by atoms with E-state index in [0.29, 0.717) is 6.42 Å². The van der Waals surface area contributed by atoms with Crippen molar-refractivity contribution in [3.63, 3.8) is 0 Å². The summed E-state index contributed by atoms with van der Waals surface area (Å²) in [4.78, 5) is 13.3. The van der Waals surface area contributed by atoms with Crippen molar-refractivity contribution in [2.45, 2.75) is 32.2 Å². The third-order valence-electron chi connectivity index (χ3n) is 2.19. The number of terminal acetylenes is 1. The van der Waals surface area contributed by atoms with Gasteiger partial charge in [-0.3, -0.25) is 0 Å². The van der Waals surface area contributed by atoms with E-state index in [1.807, 2.05) is 11.8 Å². The zero-order valence-corrected chi connectivity index (χ0v) is 8.05. The van der Waals surface area contributed by atoms with E-state index in [4.69, 9.17) is 6.42 Å². The second kappa shape index (κ2) is 4.76. The molecular formula is C10H16N2O. The molecule has 2 amide bonds. The van der Waals surface area contributed by atoms with Gasteiger partial charge in [0.1, 0.15) is 0 Å². The quantitative estimate of drug-likeness (QED) is 0.636. The summed E-state index contributed by atoms with van der Waals surface area (Å²) in [7, 11) is 0. The predicted octanol–water partition coefficient (Wildman–Crippen LogP) is 1.20. The van der Waals surface area contributed by atoms with E-state index in [1.165, 1.54) is 0 Å². The lowest BCUT2D eigenvalue weighted by molar-refractivity contribution is 0.205. The zero-order chi connectivity index (χ0) is 9.68. The highest BCUT2D eigenvalue weighted by atomic mass is 16.2. The number of rotatable bonds is 2. The molecule has 1 N–H and O–H groups in total. The van der Waals surface area contributed by atoms with Crippen molar-refractivity contribution < 1.29 is 4.79 Å². The minimum atomic E-state index is 0.0280. The maximum atomic E-state index is 11.5. The lowest BCUT2D eigenvalue weighted by Crippen LogP contribution is -2.42. The molecule has 1 rings (SSSR count). The fourth-order valence-corrected chi connectivity index (χ4v) is 1.45. The van der Waals surface area contributed by atoms with E-state index in [1.54, 1.807) is 0 Å². The van der Waals surface area contributed by atoms with E-state index < -0.39 is 0 Å². The number of nitrogens with one attached hydrogen (secondary N) is 1. The molecule has 1 heterocycles. The van der Waals surface area contributed by atoms with E-state index in [2.05, 4.69) is 11.2 Å². The van der Waals surface area contributed by atoms with Crippen LogP contribution in [0, 0.1) is 12.3 Å². The molecule has 72 valence electrons. The first-order valence-electron chi connectivity index (χ1n) is 4.73. The van der Waals surface area contributed by atoms with Crippen LogP contribution < -0.4 is 5.32 Å². The minimum Gasteiger partial charge on any atom is -0.335 e. The summed E-state index contributed by atoms with van der Waals surface area (Å²) in [6, 6.07) is 0.110. The summed E-state index contributed by atoms with van der Waals surface area (Å²) in [6.07, 6.45) is 7.98. The molecule has 0 radical (unpaired) electrons. The van der Waals surface area contributed by atoms with E-state index in [0.717, 1.165) is 25.9 Å². The summed E-state index contributed by atoms with van der Waals surface area (Å²) >= 11 is 0. The monoisotopic (exact) mass is 180 g/mol. The largest absolute Gasteiger partial charge is 0.335 e. The standard InChI is InChI=1S/C10H16N2O/c1-3-6-9(2)11-10(13)12-7-4-5-8-12/h1,9H,4-8H2,2H3,(H,11,13). The van der Waals surface area contributed by atoms with Gasteiger partial charge >= 0.3 is 6.03 Å². The average Bonchev–Trinajstić information content (AvgIpc) is 2.55. The number of hydrogen-bond acceptors (Lipinski definition) is 1. The van der Waals surface area contributed by atoms with Crippen molar-refractivity contribution in [2.24, 2.45) is 0 Å². The van der Waals surface area contributed by atoms with Crippen molar-refractivity contribution in [3.05, 3.63) is 0 Å². The fourth-order valence-electron chi connectivity index (χ4n) is 1.45. The highest BCUT2D eigenvalue weighted by Gasteiger charge is 2.18. The van der Waals surface area contributed by atoms with Gasteiger partial charge in [0, 0.05) is 25.6 Å². The Kier molecular flexibility index (Phi) is 3.63. The van der Waals surface area contributed by atoms with Crippen LogP contribution in [-0.2, 0) is 0 Å². The van der Waals surface area contributed by atoms with Crippen LogP contribution in [-0.4, -0.2) is 30.1 Å². The number of carbonyl (C=O) groups is 1. The molecule has 0 saturated carbocycles. The Hall–Kier alpha value is -1.17. The number of urea groups is 1. The first-order valence-corrected chi connectivity index (χ1v) is 4.73. The molecule has 0 aromatic rings. The normalized spacial score (nSPS) is 18.0. The van der Waals surface area contributed by atoms with Gasteiger partial charge in [-0.05, 0) is 19.8 Å². The SMILES string of the molecule is C#CCC(C)NC(=O)N1CCCC1. The molecule has 0 aromatic heterocycles. The molecule has 1 saturated heterocycles. The second-order valence-electron chi connectivity index (χ2n) is 3.45. The van der Waals surface area contributed by atoms with Crippen molar-refractivity contribution in [3.8, 4) is 12.3 Å². The van der Waals surface area contributed by atoms with Gasteiger partial charge < -0.3 is 10.2 Å². The van der Waals surface area contributed by atoms with Gasteiger partial charge in [-0.25, -0.2) is 4.79 Å². The third-order valence-corrected chi connectivity index (χ3v) is 2.19. The summed E-state index contributed by atoms with van der Waals surface area (Å²) in [5.74, 6) is 2.53. The molecule has 0 aromatic carbocycles. The van der Waals surface area contributed by atoms with Crippen molar-refractivity contribution in [1.82, 2.24) is 10.2 Å². The number of likely N-dealkylation sites (tertiary alicyclic amines) is 1. The molecule has 1 atom stereocenters. The van der Waals surface area contributed by atoms with Gasteiger partial charge in [0.25, 0.3) is 0 Å². The molecule has 1 unspecified atom stereocenters. The maximum absolute atomic E-state index is 11.5. The van der Waals surface area contributed by atoms with E-state index in [-0.39, 0.29) is 12.1 Å². The first kappa shape index (κ1) is 9.91. The van der Waals surface area contributed by atoms with Gasteiger partial charge in [-0.2, -0.15) is 0 Å². The van der Waals surface area contributed by atoms with E-state index in [9.17, 15) is 4.79 Å². The first-order chi connectivity index (χ1) is 6.24. The van der Waals surface area contributed by atoms with Gasteiger partial charge in [0.05, 0.1) is 0 Å². The molecule has 0 spiro atoms. The van der Waals surface area contributed by atoms with Crippen LogP contribution in [0.25, 0.3) is 0 Å². The molecule has 1 aliphatic rings. The number of carbonyl (C=O) groups excluding carboxylic acids is 1. The van der Waals surface area contributed by atoms with E-state index >= 15 is 0 Å². The van der Waals surface area contributed by atoms with Gasteiger partial charge in [0.2, 0.25) is 0 Å². The van der Waals surface area contributed by atoms with Gasteiger partial charge in [0.15, 0.2) is 0 Å². The second-order valence-corrected chi connectivity index (χ2v) is 3.45. The smallest absolute Gasteiger partial charge is 0.317 e. The summed E-state index contributed by atoms with van der Waals surface area (Å²) < 4.78 is 0. The summed E-state index contributed by atoms with van der Waals surface area (Å²) in [5, 5.41) is 2.87. The van der Waals surface area contributed by atoms with Crippen LogP contribution in [0.15, 0.2) is 0 Å². The van der Waals surface area contributed by atoms with Crippen molar-refractivity contribution >= 4 is 6.03 Å². The van der Waals surface area contributed by atoms with Crippen LogP contribution >= 0.6 is 0 Å². The van der Waals surface area contributed by atoms with Crippen LogP contribution in [0.3, 0.4) is 0 Å². The lowest BCUT2D eigenvalue weighted by atomic mass is 10.2. The molecule has 1 fully saturated rings. The van der Waals surface area contributed by atoms with Gasteiger partial charge in [-0.1, -0.05) is 0 Å². The Bertz CT molecular complexity index is 213. The third kappa shape index (κ3) is 2.98. The topological polar surface area (TPSA) is 32.3 Å². The minimum absolute atomic E-state index is 0.0280. The van der Waals surface area contributed by atoms with Crippen molar-refractivity contribution in [2.75, 3.05) is 13.1 Å². The molecule has 1 aliphatic heterocycles. The fraction of sp³-hybridized carbons (Fsp3) is 0.700. The predicted molar refractivity (Wildman–Crippen MR) is 52.3 cm³/mol. The number of hydrogen-bond donors (Lipinski definition) is 1. The molecule has 3 nitrogen and oxygen atoms in total. The molecule has 0 bridgehead atoms. The van der Waals surface area contributed by atoms with Crippen LogP contribution in [0.5, 0.6) is 0 Å². The van der Waals surface area contributed by atoms with Crippen LogP contribution in [0.2, 0.25) is 0 Å². The molecular weight excluding hydrogens is 164 g/mol. The Morgan fingerprint density at radius 2 is 2.23 bits per heavy atom. The maximum Gasteiger partial charge on any atom is 0.317 e. The average molecular weight is 180 g/mol. The van der Waals surface area contributed by atoms with Gasteiger partial charge in [-0.15, -0.1) is 12.3 Å². The highest BCUT2D eigenvalue weighted by molar-refractivity contribution is 5.74. The Morgan fingerprint density at radius 3 is 2.77 bits per heavy atom. The molecule has 0 aliphatic carbocycles. The lowest BCUT2D eigenvalue weighted by Gasteiger charge is -2.19. The Labute approximate surface area is 79.5 Å². The zero-order valence-electron chi connectivity index (χ0n) is 8.05. The Balaban J connectivity index is 2.28. The van der Waals surface area contributed by atoms with Crippen LogP contribution in [0.4, 0.5) is 4.79 Å².